The van der Waals surface area contributed by atoms with Gasteiger partial charge < -0.3 is 58.2 Å². The Kier molecular flexibility index (Phi) is 21.8. The van der Waals surface area contributed by atoms with Crippen molar-refractivity contribution in [2.24, 2.45) is 0 Å². The zero-order valence-electron chi connectivity index (χ0n) is 49.1. The molecular weight excluding hydrogens is 1160 g/mol. The topological polar surface area (TPSA) is 285 Å². The summed E-state index contributed by atoms with van der Waals surface area (Å²) in [6, 6.07) is 18.5. The van der Waals surface area contributed by atoms with Crippen LogP contribution in [0.25, 0.3) is 11.0 Å². The van der Waals surface area contributed by atoms with Crippen LogP contribution in [-0.2, 0) is 37.6 Å². The SMILES string of the molecule is C.CC1(C)OB(B2OC(C)(C)C(C)(C)O2)OC1(C)C.Cc1c(NC(=O)OCCN2CCOCC2)cn2ncc(C#N)c(Nc3ccc(B(O)O)cc3)c12.Cc1c(NC(=O)OCCN2CCOCC2)cn2ncc(C#N)c(Nc3ccc(Br)cc3)c12. The molecule has 10 rings (SSSR count). The molecular formula is C57H76B3BrN12O12. The summed E-state index contributed by atoms with van der Waals surface area (Å²) < 4.78 is 49.3. The Morgan fingerprint density at radius 1 is 0.635 bits per heavy atom. The molecule has 2 aromatic carbocycles. The van der Waals surface area contributed by atoms with Crippen molar-refractivity contribution in [3.8, 4) is 12.1 Å². The number of aromatic nitrogens is 4. The number of benzene rings is 2. The molecule has 452 valence electrons. The van der Waals surface area contributed by atoms with E-state index in [1.54, 1.807) is 45.7 Å². The summed E-state index contributed by atoms with van der Waals surface area (Å²) in [5.41, 5.74) is 6.14. The Balaban J connectivity index is 0.000000190. The normalized spacial score (nSPS) is 17.7. The number of nitrogens with one attached hydrogen (secondary N) is 4. The van der Waals surface area contributed by atoms with Gasteiger partial charge in [-0.05, 0) is 111 Å². The lowest BCUT2D eigenvalue weighted by molar-refractivity contribution is 0.00578. The van der Waals surface area contributed by atoms with Crippen LogP contribution < -0.4 is 26.7 Å². The maximum absolute atomic E-state index is 12.4. The van der Waals surface area contributed by atoms with E-state index in [-0.39, 0.29) is 36.4 Å². The van der Waals surface area contributed by atoms with Crippen LogP contribution in [0.2, 0.25) is 0 Å². The van der Waals surface area contributed by atoms with Crippen LogP contribution in [0.15, 0.2) is 77.8 Å². The number of aryl methyl sites for hydroxylation is 2. The molecule has 4 aliphatic heterocycles. The maximum Gasteiger partial charge on any atom is 0.488 e. The molecule has 0 bridgehead atoms. The lowest BCUT2D eigenvalue weighted by Crippen LogP contribution is -2.41. The Morgan fingerprint density at radius 3 is 1.33 bits per heavy atom. The average Bonchev–Trinajstić information content (AvgIpc) is 1.76. The molecule has 0 radical (unpaired) electrons. The van der Waals surface area contributed by atoms with Crippen LogP contribution in [0.4, 0.5) is 43.7 Å². The number of rotatable bonds is 14. The lowest BCUT2D eigenvalue weighted by Gasteiger charge is -2.32. The fourth-order valence-electron chi connectivity index (χ4n) is 9.29. The first-order chi connectivity index (χ1) is 39.9. The maximum atomic E-state index is 12.4. The van der Waals surface area contributed by atoms with Crippen LogP contribution >= 0.6 is 15.9 Å². The highest BCUT2D eigenvalue weighted by molar-refractivity contribution is 9.10. The molecule has 0 aliphatic carbocycles. The second-order valence-electron chi connectivity index (χ2n) is 22.4. The first kappa shape index (κ1) is 65.8. The highest BCUT2D eigenvalue weighted by Crippen LogP contribution is 2.43. The molecule has 6 N–H and O–H groups in total. The molecule has 8 heterocycles. The Hall–Kier alpha value is -6.79. The molecule has 2 amide bonds. The number of amides is 2. The molecule has 4 aliphatic rings. The van der Waals surface area contributed by atoms with Crippen molar-refractivity contribution < 1.29 is 57.2 Å². The number of morpholine rings is 2. The number of anilines is 6. The summed E-state index contributed by atoms with van der Waals surface area (Å²) in [7, 11) is -2.52. The van der Waals surface area contributed by atoms with E-state index >= 15 is 0 Å². The van der Waals surface area contributed by atoms with Gasteiger partial charge in [-0.3, -0.25) is 20.4 Å². The molecule has 6 aromatic rings. The molecule has 4 saturated heterocycles. The fraction of sp³-hybridized carbons (Fsp3) is 0.474. The monoisotopic (exact) mass is 1230 g/mol. The highest BCUT2D eigenvalue weighted by atomic mass is 79.9. The van der Waals surface area contributed by atoms with Gasteiger partial charge in [0.15, 0.2) is 0 Å². The smallest absolute Gasteiger partial charge is 0.448 e. The number of halogens is 1. The van der Waals surface area contributed by atoms with Crippen LogP contribution in [-0.4, -0.2) is 174 Å². The fourth-order valence-corrected chi connectivity index (χ4v) is 9.55. The van der Waals surface area contributed by atoms with Gasteiger partial charge in [-0.25, -0.2) is 18.6 Å². The minimum absolute atomic E-state index is 0. The van der Waals surface area contributed by atoms with E-state index in [2.05, 4.69) is 69.3 Å². The van der Waals surface area contributed by atoms with E-state index in [1.807, 2.05) is 93.5 Å². The van der Waals surface area contributed by atoms with Crippen molar-refractivity contribution in [1.82, 2.24) is 29.0 Å². The molecule has 24 nitrogen and oxygen atoms in total. The summed E-state index contributed by atoms with van der Waals surface area (Å²) in [5, 5.41) is 58.4. The van der Waals surface area contributed by atoms with E-state index in [0.717, 1.165) is 41.9 Å². The van der Waals surface area contributed by atoms with Crippen molar-refractivity contribution in [3.05, 3.63) is 100 Å². The average molecular weight is 1230 g/mol. The third kappa shape index (κ3) is 16.0. The number of carbonyl (C=O) groups excluding carboxylic acids is 2. The molecule has 4 fully saturated rings. The van der Waals surface area contributed by atoms with Gasteiger partial charge in [0.05, 0.1) is 119 Å². The van der Waals surface area contributed by atoms with Crippen LogP contribution in [0.1, 0.15) is 85.1 Å². The van der Waals surface area contributed by atoms with Crippen molar-refractivity contribution in [3.63, 3.8) is 0 Å². The number of fused-ring (bicyclic) bond motifs is 2. The zero-order valence-corrected chi connectivity index (χ0v) is 50.7. The number of hydrogen-bond donors (Lipinski definition) is 6. The van der Waals surface area contributed by atoms with Gasteiger partial charge in [0.2, 0.25) is 0 Å². The summed E-state index contributed by atoms with van der Waals surface area (Å²) in [6.45, 7) is 27.9. The van der Waals surface area contributed by atoms with E-state index in [9.17, 15) is 30.2 Å². The molecule has 28 heteroatoms. The summed E-state index contributed by atoms with van der Waals surface area (Å²) >= 11 is 3.42. The van der Waals surface area contributed by atoms with Crippen LogP contribution in [0.5, 0.6) is 0 Å². The van der Waals surface area contributed by atoms with Gasteiger partial charge in [0.1, 0.15) is 25.4 Å². The number of nitriles is 2. The third-order valence-electron chi connectivity index (χ3n) is 15.7. The predicted molar refractivity (Wildman–Crippen MR) is 330 cm³/mol. The van der Waals surface area contributed by atoms with Gasteiger partial charge in [-0.1, -0.05) is 35.5 Å². The van der Waals surface area contributed by atoms with E-state index in [1.165, 1.54) is 12.4 Å². The molecule has 4 aromatic heterocycles. The second-order valence-corrected chi connectivity index (χ2v) is 23.4. The quantitative estimate of drug-likeness (QED) is 0.0572. The van der Waals surface area contributed by atoms with Gasteiger partial charge in [-0.2, -0.15) is 20.7 Å². The van der Waals surface area contributed by atoms with Gasteiger partial charge in [0, 0.05) is 66.2 Å². The minimum atomic E-state index is -1.56. The Labute approximate surface area is 505 Å². The Morgan fingerprint density at radius 2 is 0.988 bits per heavy atom. The molecule has 0 spiro atoms. The number of carbonyl (C=O) groups is 2. The summed E-state index contributed by atoms with van der Waals surface area (Å²) in [6.07, 6.45) is 5.21. The van der Waals surface area contributed by atoms with Crippen molar-refractivity contribution in [1.29, 1.82) is 10.5 Å². The largest absolute Gasteiger partial charge is 0.488 e. The third-order valence-corrected chi connectivity index (χ3v) is 16.2. The van der Waals surface area contributed by atoms with Crippen molar-refractivity contribution in [2.45, 2.75) is 99.1 Å². The van der Waals surface area contributed by atoms with Crippen molar-refractivity contribution >= 4 is 99.9 Å². The summed E-state index contributed by atoms with van der Waals surface area (Å²) in [5.74, 6) is 0. The molecule has 0 atom stereocenters. The van der Waals surface area contributed by atoms with Gasteiger partial charge in [-0.15, -0.1) is 0 Å². The molecule has 85 heavy (non-hydrogen) atoms. The standard InChI is InChI=1S/C22H25BN6O5.C22H23BrN6O3.C12H24B2O4.CH4/c1-15-19(27-22(30)34-11-8-28-6-9-33-10-7-28)14-29-21(15)20(16(12-24)13-25-29)26-18-4-2-17(3-5-18)23(31)32;1-15-19(27-22(30)32-11-8-28-6-9-31-10-7-28)14-29-21(15)20(16(12-24)13-25-29)26-18-4-2-17(23)3-5-18;1-9(2)10(3,4)16-13(15-9)14-17-11(5,6)12(7,8)18-14;/h2-5,13-14,26,31-32H,6-11H2,1H3,(H,27,30);2-5,13-14,26H,6-11H2,1H3,(H,27,30);1-8H3;1H4. The number of nitrogens with zero attached hydrogens (tertiary/aromatic N) is 8. The number of hydrogen-bond acceptors (Lipinski definition) is 20. The van der Waals surface area contributed by atoms with E-state index < -0.39 is 33.3 Å². The minimum Gasteiger partial charge on any atom is -0.448 e. The van der Waals surface area contributed by atoms with E-state index in [4.69, 9.17) is 37.6 Å². The van der Waals surface area contributed by atoms with E-state index in [0.29, 0.717) is 108 Å². The van der Waals surface area contributed by atoms with Gasteiger partial charge >= 0.3 is 33.3 Å². The second kappa shape index (κ2) is 28.2. The predicted octanol–water partition coefficient (Wildman–Crippen LogP) is 7.61. The van der Waals surface area contributed by atoms with Crippen LogP contribution in [0, 0.1) is 36.5 Å². The zero-order chi connectivity index (χ0) is 60.6. The molecule has 0 saturated carbocycles. The van der Waals surface area contributed by atoms with Crippen molar-refractivity contribution in [2.75, 3.05) is 100 Å². The highest BCUT2D eigenvalue weighted by Gasteiger charge is 2.63. The Bertz CT molecular complexity index is 3290. The van der Waals surface area contributed by atoms with Gasteiger partial charge in [0.25, 0.3) is 0 Å². The molecule has 0 unspecified atom stereocenters. The first-order valence-corrected chi connectivity index (χ1v) is 28.5. The summed E-state index contributed by atoms with van der Waals surface area (Å²) in [4.78, 5) is 29.1. The lowest BCUT2D eigenvalue weighted by atomic mass is 9.49. The van der Waals surface area contributed by atoms with Crippen LogP contribution in [0.3, 0.4) is 0 Å². The number of ether oxygens (including phenoxy) is 4. The first-order valence-electron chi connectivity index (χ1n) is 27.7.